The standard InChI is InChI=1S/C14H18O4/c1-4-6-11-9-12(17-5-2)7-8-13(11)18-10-14(15)16-3/h4,7-9H,1,5-6,10H2,2-3H3. The van der Waals surface area contributed by atoms with Crippen LogP contribution < -0.4 is 9.47 Å². The summed E-state index contributed by atoms with van der Waals surface area (Å²) in [5.41, 5.74) is 0.930. The Morgan fingerprint density at radius 2 is 2.17 bits per heavy atom. The number of allylic oxidation sites excluding steroid dienone is 1. The Kier molecular flexibility index (Phi) is 5.77. The number of hydrogen-bond donors (Lipinski definition) is 0. The molecule has 0 atom stereocenters. The van der Waals surface area contributed by atoms with Crippen LogP contribution in [0.15, 0.2) is 30.9 Å². The number of rotatable bonds is 7. The highest BCUT2D eigenvalue weighted by Gasteiger charge is 2.07. The third-order valence-electron chi connectivity index (χ3n) is 2.28. The first kappa shape index (κ1) is 14.1. The monoisotopic (exact) mass is 250 g/mol. The zero-order valence-corrected chi connectivity index (χ0v) is 10.8. The van der Waals surface area contributed by atoms with Crippen molar-refractivity contribution in [3.63, 3.8) is 0 Å². The van der Waals surface area contributed by atoms with Crippen molar-refractivity contribution >= 4 is 5.97 Å². The number of ether oxygens (including phenoxy) is 3. The largest absolute Gasteiger partial charge is 0.494 e. The molecule has 0 aliphatic heterocycles. The van der Waals surface area contributed by atoms with E-state index in [1.165, 1.54) is 7.11 Å². The van der Waals surface area contributed by atoms with Crippen molar-refractivity contribution in [1.29, 1.82) is 0 Å². The summed E-state index contributed by atoms with van der Waals surface area (Å²) in [6.07, 6.45) is 2.42. The van der Waals surface area contributed by atoms with Crippen LogP contribution in [-0.2, 0) is 16.0 Å². The van der Waals surface area contributed by atoms with Crippen molar-refractivity contribution in [2.45, 2.75) is 13.3 Å². The summed E-state index contributed by atoms with van der Waals surface area (Å²) >= 11 is 0. The zero-order valence-electron chi connectivity index (χ0n) is 10.8. The van der Waals surface area contributed by atoms with E-state index in [0.717, 1.165) is 11.3 Å². The number of benzene rings is 1. The van der Waals surface area contributed by atoms with Crippen molar-refractivity contribution < 1.29 is 19.0 Å². The average Bonchev–Trinajstić information content (AvgIpc) is 2.38. The summed E-state index contributed by atoms with van der Waals surface area (Å²) in [6.45, 7) is 6.13. The van der Waals surface area contributed by atoms with Crippen LogP contribution in [0.1, 0.15) is 12.5 Å². The van der Waals surface area contributed by atoms with Gasteiger partial charge in [-0.2, -0.15) is 0 Å². The summed E-state index contributed by atoms with van der Waals surface area (Å²) in [7, 11) is 1.33. The number of carbonyl (C=O) groups is 1. The molecule has 1 aromatic carbocycles. The van der Waals surface area contributed by atoms with Crippen LogP contribution in [0.2, 0.25) is 0 Å². The molecule has 0 heterocycles. The Bertz CT molecular complexity index is 412. The molecule has 0 bridgehead atoms. The van der Waals surface area contributed by atoms with Gasteiger partial charge in [-0.15, -0.1) is 6.58 Å². The van der Waals surface area contributed by atoms with E-state index < -0.39 is 5.97 Å². The molecule has 0 saturated heterocycles. The van der Waals surface area contributed by atoms with Gasteiger partial charge in [-0.25, -0.2) is 4.79 Å². The van der Waals surface area contributed by atoms with E-state index >= 15 is 0 Å². The second-order valence-corrected chi connectivity index (χ2v) is 3.56. The highest BCUT2D eigenvalue weighted by molar-refractivity contribution is 5.71. The van der Waals surface area contributed by atoms with Gasteiger partial charge in [-0.3, -0.25) is 0 Å². The molecule has 4 heteroatoms. The summed E-state index contributed by atoms with van der Waals surface area (Å²) < 4.78 is 15.3. The first-order chi connectivity index (χ1) is 8.71. The van der Waals surface area contributed by atoms with E-state index in [1.807, 2.05) is 19.1 Å². The van der Waals surface area contributed by atoms with Crippen LogP contribution in [-0.4, -0.2) is 26.3 Å². The van der Waals surface area contributed by atoms with Crippen molar-refractivity contribution in [3.8, 4) is 11.5 Å². The van der Waals surface area contributed by atoms with Gasteiger partial charge in [0.2, 0.25) is 0 Å². The van der Waals surface area contributed by atoms with E-state index in [0.29, 0.717) is 18.8 Å². The van der Waals surface area contributed by atoms with Crippen LogP contribution in [0.25, 0.3) is 0 Å². The Morgan fingerprint density at radius 3 is 2.78 bits per heavy atom. The molecule has 0 radical (unpaired) electrons. The van der Waals surface area contributed by atoms with E-state index in [9.17, 15) is 4.79 Å². The van der Waals surface area contributed by atoms with Crippen molar-refractivity contribution in [3.05, 3.63) is 36.4 Å². The lowest BCUT2D eigenvalue weighted by atomic mass is 10.1. The summed E-state index contributed by atoms with van der Waals surface area (Å²) in [4.78, 5) is 11.0. The second-order valence-electron chi connectivity index (χ2n) is 3.56. The van der Waals surface area contributed by atoms with Gasteiger partial charge in [-0.1, -0.05) is 6.08 Å². The van der Waals surface area contributed by atoms with Crippen LogP contribution >= 0.6 is 0 Å². The number of esters is 1. The van der Waals surface area contributed by atoms with Crippen molar-refractivity contribution in [2.75, 3.05) is 20.3 Å². The topological polar surface area (TPSA) is 44.8 Å². The van der Waals surface area contributed by atoms with E-state index in [-0.39, 0.29) is 6.61 Å². The van der Waals surface area contributed by atoms with Crippen molar-refractivity contribution in [1.82, 2.24) is 0 Å². The van der Waals surface area contributed by atoms with Gasteiger partial charge in [0.15, 0.2) is 6.61 Å². The quantitative estimate of drug-likeness (QED) is 0.550. The minimum absolute atomic E-state index is 0.103. The Hall–Kier alpha value is -1.97. The maximum atomic E-state index is 11.0. The molecule has 18 heavy (non-hydrogen) atoms. The lowest BCUT2D eigenvalue weighted by molar-refractivity contribution is -0.142. The highest BCUT2D eigenvalue weighted by Crippen LogP contribution is 2.25. The third kappa shape index (κ3) is 4.13. The molecule has 0 amide bonds. The van der Waals surface area contributed by atoms with Crippen LogP contribution in [0.4, 0.5) is 0 Å². The molecule has 0 spiro atoms. The molecule has 0 unspecified atom stereocenters. The normalized spacial score (nSPS) is 9.67. The van der Waals surface area contributed by atoms with Crippen LogP contribution in [0, 0.1) is 0 Å². The molecule has 0 fully saturated rings. The highest BCUT2D eigenvalue weighted by atomic mass is 16.6. The number of carbonyl (C=O) groups excluding carboxylic acids is 1. The SMILES string of the molecule is C=CCc1cc(OCC)ccc1OCC(=O)OC. The van der Waals surface area contributed by atoms with Gasteiger partial charge in [0, 0.05) is 5.56 Å². The number of methoxy groups -OCH3 is 1. The van der Waals surface area contributed by atoms with Gasteiger partial charge in [0.1, 0.15) is 11.5 Å². The van der Waals surface area contributed by atoms with E-state index in [1.54, 1.807) is 12.1 Å². The van der Waals surface area contributed by atoms with Crippen molar-refractivity contribution in [2.24, 2.45) is 0 Å². The maximum absolute atomic E-state index is 11.0. The lowest BCUT2D eigenvalue weighted by Crippen LogP contribution is -2.13. The smallest absolute Gasteiger partial charge is 0.343 e. The fourth-order valence-electron chi connectivity index (χ4n) is 1.46. The van der Waals surface area contributed by atoms with Crippen LogP contribution in [0.5, 0.6) is 11.5 Å². The predicted molar refractivity (Wildman–Crippen MR) is 69.0 cm³/mol. The molecule has 0 saturated carbocycles. The lowest BCUT2D eigenvalue weighted by Gasteiger charge is -2.11. The molecule has 0 aromatic heterocycles. The predicted octanol–water partition coefficient (Wildman–Crippen LogP) is 2.37. The van der Waals surface area contributed by atoms with Gasteiger partial charge in [0.25, 0.3) is 0 Å². The van der Waals surface area contributed by atoms with Crippen LogP contribution in [0.3, 0.4) is 0 Å². The minimum Gasteiger partial charge on any atom is -0.494 e. The fourth-order valence-corrected chi connectivity index (χ4v) is 1.46. The van der Waals surface area contributed by atoms with Gasteiger partial charge < -0.3 is 14.2 Å². The number of hydrogen-bond acceptors (Lipinski definition) is 4. The first-order valence-corrected chi connectivity index (χ1v) is 5.77. The Balaban J connectivity index is 2.81. The molecule has 1 aromatic rings. The first-order valence-electron chi connectivity index (χ1n) is 5.77. The molecule has 98 valence electrons. The van der Waals surface area contributed by atoms with Gasteiger partial charge >= 0.3 is 5.97 Å². The van der Waals surface area contributed by atoms with E-state index in [2.05, 4.69) is 11.3 Å². The fraction of sp³-hybridized carbons (Fsp3) is 0.357. The molecule has 0 N–H and O–H groups in total. The Labute approximate surface area is 107 Å². The molecule has 4 nitrogen and oxygen atoms in total. The third-order valence-corrected chi connectivity index (χ3v) is 2.28. The minimum atomic E-state index is -0.409. The molecule has 0 aliphatic carbocycles. The summed E-state index contributed by atoms with van der Waals surface area (Å²) in [6, 6.07) is 5.48. The molecular formula is C14H18O4. The molecule has 0 aliphatic rings. The molecule has 1 rings (SSSR count). The second kappa shape index (κ2) is 7.37. The van der Waals surface area contributed by atoms with Gasteiger partial charge in [0.05, 0.1) is 13.7 Å². The van der Waals surface area contributed by atoms with Gasteiger partial charge in [-0.05, 0) is 31.5 Å². The summed E-state index contributed by atoms with van der Waals surface area (Å²) in [5.74, 6) is 1.01. The Morgan fingerprint density at radius 1 is 1.39 bits per heavy atom. The zero-order chi connectivity index (χ0) is 13.4. The average molecular weight is 250 g/mol. The molecular weight excluding hydrogens is 232 g/mol. The maximum Gasteiger partial charge on any atom is 0.343 e. The summed E-state index contributed by atoms with van der Waals surface area (Å²) in [5, 5.41) is 0. The van der Waals surface area contributed by atoms with E-state index in [4.69, 9.17) is 9.47 Å².